The van der Waals surface area contributed by atoms with Crippen LogP contribution in [0.2, 0.25) is 0 Å². The van der Waals surface area contributed by atoms with Crippen molar-refractivity contribution in [3.05, 3.63) is 11.6 Å². The van der Waals surface area contributed by atoms with Gasteiger partial charge in [0.05, 0.1) is 24.9 Å². The summed E-state index contributed by atoms with van der Waals surface area (Å²) in [6, 6.07) is -0.368. The van der Waals surface area contributed by atoms with Gasteiger partial charge in [-0.25, -0.2) is 4.79 Å². The fourth-order valence-electron chi connectivity index (χ4n) is 2.61. The van der Waals surface area contributed by atoms with E-state index in [0.717, 1.165) is 6.29 Å². The second kappa shape index (κ2) is 8.68. The van der Waals surface area contributed by atoms with Gasteiger partial charge in [0, 0.05) is 20.3 Å². The van der Waals surface area contributed by atoms with E-state index < -0.39 is 12.1 Å². The summed E-state index contributed by atoms with van der Waals surface area (Å²) in [7, 11) is 0. The lowest BCUT2D eigenvalue weighted by Crippen LogP contribution is -2.51. The first-order valence-electron chi connectivity index (χ1n) is 8.13. The molecule has 0 aromatic carbocycles. The van der Waals surface area contributed by atoms with Crippen LogP contribution in [0, 0.1) is 5.92 Å². The lowest BCUT2D eigenvalue weighted by Gasteiger charge is -2.37. The number of nitrogens with one attached hydrogen (secondary N) is 1. The highest BCUT2D eigenvalue weighted by Gasteiger charge is 2.36. The maximum atomic E-state index is 12.1. The molecule has 0 bridgehead atoms. The Morgan fingerprint density at radius 1 is 1.55 bits per heavy atom. The zero-order valence-corrected chi connectivity index (χ0v) is 13.3. The van der Waals surface area contributed by atoms with E-state index in [0.29, 0.717) is 12.0 Å². The Kier molecular flexibility index (Phi) is 6.58. The van der Waals surface area contributed by atoms with Crippen molar-refractivity contribution in [1.29, 1.82) is 0 Å². The number of esters is 1. The average Bonchev–Trinajstić information content (AvgIpc) is 2.47. The SMILES string of the molecule is [3H]CCOC(=O)C1=C[C@@H](OC(C)C)[C@H](NC(C)=O)[C@@H](CC=O)C1. The molecular formula is C16H25NO5. The van der Waals surface area contributed by atoms with Crippen LogP contribution in [0.4, 0.5) is 0 Å². The summed E-state index contributed by atoms with van der Waals surface area (Å²) in [4.78, 5) is 34.5. The van der Waals surface area contributed by atoms with E-state index in [2.05, 4.69) is 5.32 Å². The maximum Gasteiger partial charge on any atom is 0.333 e. The standard InChI is InChI=1S/C16H25NO5/c1-5-21-16(20)13-8-12(6-7-18)15(17-11(4)19)14(9-13)22-10(2)3/h7,9-10,12,14-15H,5-6,8H2,1-4H3,(H,17,19)/t12-,14+,15+/m0/s1/i1T. The summed E-state index contributed by atoms with van der Waals surface area (Å²) in [5.41, 5.74) is 0.428. The number of hydrogen-bond donors (Lipinski definition) is 1. The van der Waals surface area contributed by atoms with E-state index in [1.54, 1.807) is 6.08 Å². The zero-order chi connectivity index (χ0) is 17.4. The Labute approximate surface area is 132 Å². The molecule has 0 saturated heterocycles. The van der Waals surface area contributed by atoms with Gasteiger partial charge in [-0.05, 0) is 39.2 Å². The lowest BCUT2D eigenvalue weighted by molar-refractivity contribution is -0.139. The summed E-state index contributed by atoms with van der Waals surface area (Å²) < 4.78 is 17.9. The summed E-state index contributed by atoms with van der Waals surface area (Å²) in [5.74, 6) is -0.938. The highest BCUT2D eigenvalue weighted by atomic mass is 16.5. The van der Waals surface area contributed by atoms with Gasteiger partial charge in [0.25, 0.3) is 0 Å². The third-order valence-electron chi connectivity index (χ3n) is 3.40. The summed E-state index contributed by atoms with van der Waals surface area (Å²) in [6.07, 6.45) is 2.38. The molecule has 0 aliphatic heterocycles. The minimum Gasteiger partial charge on any atom is -0.463 e. The van der Waals surface area contributed by atoms with Gasteiger partial charge in [0.1, 0.15) is 6.29 Å². The highest BCUT2D eigenvalue weighted by molar-refractivity contribution is 5.89. The molecule has 0 heterocycles. The predicted octanol–water partition coefficient (Wildman–Crippen LogP) is 1.38. The number of carbonyl (C=O) groups is 3. The van der Waals surface area contributed by atoms with E-state index in [9.17, 15) is 14.4 Å². The molecule has 0 aromatic rings. The average molecular weight is 313 g/mol. The normalized spacial score (nSPS) is 25.2. The number of hydrogen-bond acceptors (Lipinski definition) is 5. The Bertz CT molecular complexity index is 463. The van der Waals surface area contributed by atoms with Crippen molar-refractivity contribution in [1.82, 2.24) is 5.32 Å². The van der Waals surface area contributed by atoms with Crippen LogP contribution in [0.25, 0.3) is 0 Å². The largest absolute Gasteiger partial charge is 0.463 e. The summed E-state index contributed by atoms with van der Waals surface area (Å²) in [5, 5.41) is 2.83. The van der Waals surface area contributed by atoms with Crippen molar-refractivity contribution in [3.8, 4) is 0 Å². The molecule has 3 atom stereocenters. The second-order valence-corrected chi connectivity index (χ2v) is 5.57. The van der Waals surface area contributed by atoms with E-state index in [1.807, 2.05) is 13.8 Å². The molecule has 0 aromatic heterocycles. The topological polar surface area (TPSA) is 81.7 Å². The molecule has 124 valence electrons. The van der Waals surface area contributed by atoms with Crippen LogP contribution in [-0.4, -0.2) is 43.0 Å². The molecule has 6 heteroatoms. The van der Waals surface area contributed by atoms with E-state index in [-0.39, 0.29) is 43.9 Å². The molecule has 0 fully saturated rings. The molecule has 1 amide bonds. The third-order valence-corrected chi connectivity index (χ3v) is 3.40. The van der Waals surface area contributed by atoms with Crippen molar-refractivity contribution in [3.63, 3.8) is 0 Å². The molecular weight excluding hydrogens is 286 g/mol. The molecule has 1 aliphatic carbocycles. The Balaban J connectivity index is 3.03. The molecule has 0 spiro atoms. The fourth-order valence-corrected chi connectivity index (χ4v) is 2.61. The molecule has 0 saturated carbocycles. The van der Waals surface area contributed by atoms with Gasteiger partial charge in [-0.3, -0.25) is 4.79 Å². The minimum atomic E-state index is -0.504. The zero-order valence-electron chi connectivity index (χ0n) is 14.3. The first-order chi connectivity index (χ1) is 10.9. The van der Waals surface area contributed by atoms with Crippen LogP contribution in [0.15, 0.2) is 11.6 Å². The first-order valence-corrected chi connectivity index (χ1v) is 7.42. The fraction of sp³-hybridized carbons (Fsp3) is 0.688. The highest BCUT2D eigenvalue weighted by Crippen LogP contribution is 2.30. The van der Waals surface area contributed by atoms with Gasteiger partial charge in [0.15, 0.2) is 0 Å². The minimum absolute atomic E-state index is 0.00275. The van der Waals surface area contributed by atoms with Gasteiger partial charge in [-0.2, -0.15) is 0 Å². The first kappa shape index (κ1) is 16.7. The molecule has 1 N–H and O–H groups in total. The Morgan fingerprint density at radius 2 is 2.27 bits per heavy atom. The van der Waals surface area contributed by atoms with Gasteiger partial charge in [0.2, 0.25) is 5.91 Å². The van der Waals surface area contributed by atoms with Gasteiger partial charge >= 0.3 is 5.97 Å². The molecule has 0 radical (unpaired) electrons. The van der Waals surface area contributed by atoms with Gasteiger partial charge in [-0.1, -0.05) is 0 Å². The summed E-state index contributed by atoms with van der Waals surface area (Å²) >= 11 is 0. The van der Waals surface area contributed by atoms with Crippen LogP contribution in [-0.2, 0) is 23.9 Å². The number of aldehydes is 1. The van der Waals surface area contributed by atoms with Crippen LogP contribution >= 0.6 is 0 Å². The van der Waals surface area contributed by atoms with Crippen LogP contribution in [0.3, 0.4) is 0 Å². The quantitative estimate of drug-likeness (QED) is 0.567. The molecule has 6 nitrogen and oxygen atoms in total. The second-order valence-electron chi connectivity index (χ2n) is 5.57. The monoisotopic (exact) mass is 313 g/mol. The van der Waals surface area contributed by atoms with E-state index in [4.69, 9.17) is 10.8 Å². The predicted molar refractivity (Wildman–Crippen MR) is 81.1 cm³/mol. The van der Waals surface area contributed by atoms with Crippen molar-refractivity contribution in [2.24, 2.45) is 5.92 Å². The molecule has 0 unspecified atom stereocenters. The van der Waals surface area contributed by atoms with Crippen LogP contribution in [0.1, 0.15) is 41.9 Å². The van der Waals surface area contributed by atoms with E-state index in [1.165, 1.54) is 6.92 Å². The molecule has 1 aliphatic rings. The van der Waals surface area contributed by atoms with Crippen LogP contribution in [0.5, 0.6) is 0 Å². The smallest absolute Gasteiger partial charge is 0.333 e. The Hall–Kier alpha value is -1.69. The number of ether oxygens (including phenoxy) is 2. The Morgan fingerprint density at radius 3 is 2.82 bits per heavy atom. The lowest BCUT2D eigenvalue weighted by atomic mass is 9.80. The van der Waals surface area contributed by atoms with Gasteiger partial charge in [-0.15, -0.1) is 0 Å². The van der Waals surface area contributed by atoms with Gasteiger partial charge < -0.3 is 19.6 Å². The number of rotatable bonds is 7. The van der Waals surface area contributed by atoms with Crippen molar-refractivity contribution in [2.45, 2.75) is 58.8 Å². The van der Waals surface area contributed by atoms with Crippen molar-refractivity contribution in [2.75, 3.05) is 6.61 Å². The van der Waals surface area contributed by atoms with E-state index >= 15 is 0 Å². The number of carbonyl (C=O) groups excluding carboxylic acids is 3. The molecule has 22 heavy (non-hydrogen) atoms. The third kappa shape index (κ3) is 5.26. The van der Waals surface area contributed by atoms with Crippen molar-refractivity contribution >= 4 is 18.2 Å². The van der Waals surface area contributed by atoms with Crippen LogP contribution < -0.4 is 5.32 Å². The summed E-state index contributed by atoms with van der Waals surface area (Å²) in [6.45, 7) is 5.16. The maximum absolute atomic E-state index is 12.1. The number of amides is 1. The molecule has 1 rings (SSSR count). The van der Waals surface area contributed by atoms with Crippen molar-refractivity contribution < 1.29 is 25.2 Å².